The smallest absolute Gasteiger partial charge is 0.166 e. The van der Waals surface area contributed by atoms with Gasteiger partial charge in [-0.2, -0.15) is 0 Å². The van der Waals surface area contributed by atoms with Crippen LogP contribution in [0.5, 0.6) is 0 Å². The van der Waals surface area contributed by atoms with E-state index in [0.717, 1.165) is 19.5 Å². The molecule has 1 atom stereocenters. The normalized spacial score (nSPS) is 27.9. The van der Waals surface area contributed by atoms with E-state index in [1.54, 1.807) is 6.33 Å². The Morgan fingerprint density at radius 1 is 1.71 bits per heavy atom. The topological polar surface area (TPSA) is 29.9 Å². The maximum Gasteiger partial charge on any atom is 0.166 e. The van der Waals surface area contributed by atoms with Gasteiger partial charge in [0.2, 0.25) is 0 Å². The molecule has 2 rings (SSSR count). The number of piperidine rings is 1. The lowest BCUT2D eigenvalue weighted by Gasteiger charge is -2.28. The molecule has 0 amide bonds. The van der Waals surface area contributed by atoms with Crippen LogP contribution in [0.4, 0.5) is 4.39 Å². The van der Waals surface area contributed by atoms with Gasteiger partial charge in [0.05, 0.1) is 12.0 Å². The lowest BCUT2D eigenvalue weighted by molar-refractivity contribution is 0.117. The zero-order valence-electron chi connectivity index (χ0n) is 8.46. The van der Waals surface area contributed by atoms with Gasteiger partial charge in [-0.3, -0.25) is 0 Å². The van der Waals surface area contributed by atoms with Crippen molar-refractivity contribution in [2.24, 2.45) is 0 Å². The lowest BCUT2D eigenvalue weighted by atomic mass is 9.93. The summed E-state index contributed by atoms with van der Waals surface area (Å²) in [5.41, 5.74) is -0.676. The first kappa shape index (κ1) is 9.65. The third-order valence-corrected chi connectivity index (χ3v) is 2.79. The van der Waals surface area contributed by atoms with Gasteiger partial charge in [0.15, 0.2) is 5.67 Å². The van der Waals surface area contributed by atoms with E-state index < -0.39 is 5.67 Å². The molecule has 14 heavy (non-hydrogen) atoms. The number of hydrogen-bond donors (Lipinski definition) is 1. The zero-order chi connectivity index (χ0) is 10.0. The summed E-state index contributed by atoms with van der Waals surface area (Å²) < 4.78 is 16.2. The number of imidazole rings is 1. The first-order valence-electron chi connectivity index (χ1n) is 5.16. The molecule has 0 bridgehead atoms. The quantitative estimate of drug-likeness (QED) is 0.777. The molecular weight excluding hydrogens is 181 g/mol. The van der Waals surface area contributed by atoms with Crippen LogP contribution in [0.15, 0.2) is 12.5 Å². The van der Waals surface area contributed by atoms with Gasteiger partial charge in [-0.05, 0) is 26.3 Å². The van der Waals surface area contributed by atoms with Gasteiger partial charge >= 0.3 is 0 Å². The Kier molecular flexibility index (Phi) is 2.54. The van der Waals surface area contributed by atoms with Crippen molar-refractivity contribution in [3.05, 3.63) is 18.2 Å². The summed E-state index contributed by atoms with van der Waals surface area (Å²) in [7, 11) is 0. The summed E-state index contributed by atoms with van der Waals surface area (Å²) in [5.74, 6) is 0. The second-order valence-electron chi connectivity index (χ2n) is 3.83. The van der Waals surface area contributed by atoms with Crippen molar-refractivity contribution in [1.82, 2.24) is 14.9 Å². The molecule has 2 heterocycles. The van der Waals surface area contributed by atoms with Crippen molar-refractivity contribution >= 4 is 0 Å². The minimum atomic E-state index is -1.25. The van der Waals surface area contributed by atoms with Crippen LogP contribution < -0.4 is 5.32 Å². The average molecular weight is 197 g/mol. The van der Waals surface area contributed by atoms with E-state index in [-0.39, 0.29) is 0 Å². The first-order chi connectivity index (χ1) is 6.74. The van der Waals surface area contributed by atoms with E-state index >= 15 is 0 Å². The van der Waals surface area contributed by atoms with E-state index in [0.29, 0.717) is 18.7 Å². The summed E-state index contributed by atoms with van der Waals surface area (Å²) in [6.45, 7) is 4.18. The fourth-order valence-electron chi connectivity index (χ4n) is 1.85. The molecule has 1 fully saturated rings. The minimum Gasteiger partial charge on any atom is -0.337 e. The highest BCUT2D eigenvalue weighted by Crippen LogP contribution is 2.31. The molecule has 0 aromatic carbocycles. The first-order valence-corrected chi connectivity index (χ1v) is 5.16. The van der Waals surface area contributed by atoms with Gasteiger partial charge in [0, 0.05) is 19.3 Å². The van der Waals surface area contributed by atoms with E-state index in [4.69, 9.17) is 0 Å². The third-order valence-electron chi connectivity index (χ3n) is 2.79. The molecule has 1 saturated heterocycles. The van der Waals surface area contributed by atoms with Crippen LogP contribution in [0.2, 0.25) is 0 Å². The molecule has 1 aliphatic heterocycles. The molecule has 0 saturated carbocycles. The van der Waals surface area contributed by atoms with Crippen molar-refractivity contribution in [2.75, 3.05) is 13.1 Å². The van der Waals surface area contributed by atoms with Crippen molar-refractivity contribution < 1.29 is 4.39 Å². The van der Waals surface area contributed by atoms with Gasteiger partial charge in [-0.15, -0.1) is 0 Å². The Hall–Kier alpha value is -0.900. The molecule has 1 aromatic heterocycles. The van der Waals surface area contributed by atoms with Crippen LogP contribution in [-0.2, 0) is 12.2 Å². The van der Waals surface area contributed by atoms with Gasteiger partial charge in [0.1, 0.15) is 0 Å². The maximum absolute atomic E-state index is 14.3. The molecule has 1 N–H and O–H groups in total. The molecule has 1 aromatic rings. The van der Waals surface area contributed by atoms with Crippen molar-refractivity contribution in [2.45, 2.75) is 32.0 Å². The van der Waals surface area contributed by atoms with Crippen LogP contribution in [0, 0.1) is 0 Å². The zero-order valence-corrected chi connectivity index (χ0v) is 8.46. The van der Waals surface area contributed by atoms with E-state index in [1.165, 1.54) is 0 Å². The highest BCUT2D eigenvalue weighted by Gasteiger charge is 2.35. The van der Waals surface area contributed by atoms with Crippen LogP contribution in [0.25, 0.3) is 0 Å². The number of nitrogens with zero attached hydrogens (tertiary/aromatic N) is 2. The Morgan fingerprint density at radius 2 is 2.57 bits per heavy atom. The van der Waals surface area contributed by atoms with Crippen molar-refractivity contribution in [1.29, 1.82) is 0 Å². The van der Waals surface area contributed by atoms with Gasteiger partial charge in [-0.1, -0.05) is 0 Å². The van der Waals surface area contributed by atoms with E-state index in [1.807, 2.05) is 17.7 Å². The SMILES string of the molecule is CCn1cnc(C2(F)CCCNC2)c1. The molecule has 3 nitrogen and oxygen atoms in total. The molecule has 0 spiro atoms. The summed E-state index contributed by atoms with van der Waals surface area (Å²) in [4.78, 5) is 4.13. The van der Waals surface area contributed by atoms with E-state index in [2.05, 4.69) is 10.3 Å². The van der Waals surface area contributed by atoms with Crippen LogP contribution in [0.3, 0.4) is 0 Å². The number of aromatic nitrogens is 2. The van der Waals surface area contributed by atoms with Gasteiger partial charge in [-0.25, -0.2) is 9.37 Å². The largest absolute Gasteiger partial charge is 0.337 e. The van der Waals surface area contributed by atoms with Crippen molar-refractivity contribution in [3.63, 3.8) is 0 Å². The standard InChI is InChI=1S/C10H16FN3/c1-2-14-6-9(13-8-14)10(11)4-3-5-12-7-10/h6,8,12H,2-5,7H2,1H3. The fraction of sp³-hybridized carbons (Fsp3) is 0.700. The molecule has 1 unspecified atom stereocenters. The summed E-state index contributed by atoms with van der Waals surface area (Å²) >= 11 is 0. The second kappa shape index (κ2) is 3.69. The second-order valence-corrected chi connectivity index (χ2v) is 3.83. The molecule has 78 valence electrons. The Bertz CT molecular complexity index is 302. The molecule has 4 heteroatoms. The number of nitrogens with one attached hydrogen (secondary N) is 1. The Labute approximate surface area is 83.3 Å². The number of alkyl halides is 1. The van der Waals surface area contributed by atoms with Crippen LogP contribution >= 0.6 is 0 Å². The minimum absolute atomic E-state index is 0.397. The van der Waals surface area contributed by atoms with Gasteiger partial charge < -0.3 is 9.88 Å². The number of rotatable bonds is 2. The highest BCUT2D eigenvalue weighted by atomic mass is 19.1. The lowest BCUT2D eigenvalue weighted by Crippen LogP contribution is -2.40. The molecular formula is C10H16FN3. The highest BCUT2D eigenvalue weighted by molar-refractivity contribution is 5.11. The molecule has 0 radical (unpaired) electrons. The molecule has 0 aliphatic carbocycles. The predicted molar refractivity (Wildman–Crippen MR) is 52.8 cm³/mol. The van der Waals surface area contributed by atoms with Gasteiger partial charge in [0.25, 0.3) is 0 Å². The number of halogens is 1. The predicted octanol–water partition coefficient (Wildman–Crippen LogP) is 1.45. The fourth-order valence-corrected chi connectivity index (χ4v) is 1.85. The van der Waals surface area contributed by atoms with Crippen molar-refractivity contribution in [3.8, 4) is 0 Å². The summed E-state index contributed by atoms with van der Waals surface area (Å²) in [5, 5.41) is 3.08. The summed E-state index contributed by atoms with van der Waals surface area (Å²) in [6.07, 6.45) is 4.98. The monoisotopic (exact) mass is 197 g/mol. The van der Waals surface area contributed by atoms with E-state index in [9.17, 15) is 4.39 Å². The van der Waals surface area contributed by atoms with Crippen LogP contribution in [-0.4, -0.2) is 22.6 Å². The third kappa shape index (κ3) is 1.66. The van der Waals surface area contributed by atoms with Crippen LogP contribution in [0.1, 0.15) is 25.5 Å². The summed E-state index contributed by atoms with van der Waals surface area (Å²) in [6, 6.07) is 0. The maximum atomic E-state index is 14.3. The number of hydrogen-bond acceptors (Lipinski definition) is 2. The average Bonchev–Trinajstić information content (AvgIpc) is 2.67. The number of aryl methyl sites for hydroxylation is 1. The Balaban J connectivity index is 2.19. The Morgan fingerprint density at radius 3 is 3.14 bits per heavy atom. The molecule has 1 aliphatic rings.